The molecule has 2 atom stereocenters. The fourth-order valence-electron chi connectivity index (χ4n) is 2.67. The Morgan fingerprint density at radius 3 is 2.78 bits per heavy atom. The molecule has 1 aromatic carbocycles. The lowest BCUT2D eigenvalue weighted by atomic mass is 9.81. The molecule has 18 heavy (non-hydrogen) atoms. The summed E-state index contributed by atoms with van der Waals surface area (Å²) >= 11 is 6.10. The van der Waals surface area contributed by atoms with Crippen LogP contribution in [0.15, 0.2) is 18.2 Å². The van der Waals surface area contributed by atoms with Crippen LogP contribution in [-0.4, -0.2) is 11.0 Å². The number of halogens is 1. The van der Waals surface area contributed by atoms with Crippen molar-refractivity contribution in [3.63, 3.8) is 0 Å². The molecule has 0 bridgehead atoms. The molecule has 1 fully saturated rings. The van der Waals surface area contributed by atoms with Gasteiger partial charge in [0.1, 0.15) is 0 Å². The number of nitrogens with two attached hydrogens (primary N) is 1. The standard InChI is InChI=1S/C13H17ClN2O2/c14-11-5-3-7-13(16(17)18)10(11)8-9-4-1-2-6-12(9)15/h3,5,7,9,12H,1-2,4,6,8,15H2. The Bertz CT molecular complexity index is 451. The normalized spacial score (nSPS) is 23.9. The molecular formula is C13H17ClN2O2. The maximum absolute atomic E-state index is 11.0. The first kappa shape index (κ1) is 13.3. The second-order valence-electron chi connectivity index (χ2n) is 4.91. The van der Waals surface area contributed by atoms with Gasteiger partial charge in [-0.25, -0.2) is 0 Å². The number of rotatable bonds is 3. The molecule has 98 valence electrons. The van der Waals surface area contributed by atoms with E-state index in [1.54, 1.807) is 12.1 Å². The van der Waals surface area contributed by atoms with Crippen LogP contribution in [0.2, 0.25) is 5.02 Å². The SMILES string of the molecule is NC1CCCCC1Cc1c(Cl)cccc1[N+](=O)[O-]. The second-order valence-corrected chi connectivity index (χ2v) is 5.31. The van der Waals surface area contributed by atoms with Crippen LogP contribution in [0.1, 0.15) is 31.2 Å². The highest BCUT2D eigenvalue weighted by atomic mass is 35.5. The van der Waals surface area contributed by atoms with Gasteiger partial charge in [0.05, 0.1) is 9.95 Å². The Balaban J connectivity index is 2.24. The minimum Gasteiger partial charge on any atom is -0.327 e. The molecule has 5 heteroatoms. The predicted octanol–water partition coefficient (Wildman–Crippen LogP) is 3.31. The van der Waals surface area contributed by atoms with Crippen LogP contribution in [-0.2, 0) is 6.42 Å². The highest BCUT2D eigenvalue weighted by Gasteiger charge is 2.26. The summed E-state index contributed by atoms with van der Waals surface area (Å²) in [5, 5.41) is 11.5. The Morgan fingerprint density at radius 1 is 1.39 bits per heavy atom. The summed E-state index contributed by atoms with van der Waals surface area (Å²) in [6.07, 6.45) is 4.95. The summed E-state index contributed by atoms with van der Waals surface area (Å²) in [7, 11) is 0. The summed E-state index contributed by atoms with van der Waals surface area (Å²) in [6, 6.07) is 4.97. The third kappa shape index (κ3) is 2.82. The van der Waals surface area contributed by atoms with Gasteiger partial charge < -0.3 is 5.73 Å². The molecule has 0 aliphatic heterocycles. The monoisotopic (exact) mass is 268 g/mol. The van der Waals surface area contributed by atoms with E-state index in [4.69, 9.17) is 17.3 Å². The van der Waals surface area contributed by atoms with Crippen molar-refractivity contribution in [3.8, 4) is 0 Å². The maximum Gasteiger partial charge on any atom is 0.274 e. The first-order valence-electron chi connectivity index (χ1n) is 6.27. The van der Waals surface area contributed by atoms with Crippen LogP contribution in [0.5, 0.6) is 0 Å². The number of nitrogens with zero attached hydrogens (tertiary/aromatic N) is 1. The molecule has 0 spiro atoms. The molecule has 4 nitrogen and oxygen atoms in total. The van der Waals surface area contributed by atoms with Crippen molar-refractivity contribution in [2.45, 2.75) is 38.1 Å². The lowest BCUT2D eigenvalue weighted by molar-refractivity contribution is -0.385. The van der Waals surface area contributed by atoms with E-state index in [2.05, 4.69) is 0 Å². The van der Waals surface area contributed by atoms with Gasteiger partial charge in [0, 0.05) is 17.7 Å². The molecule has 2 rings (SSSR count). The van der Waals surface area contributed by atoms with E-state index in [1.807, 2.05) is 0 Å². The van der Waals surface area contributed by atoms with Crippen LogP contribution in [0.4, 0.5) is 5.69 Å². The van der Waals surface area contributed by atoms with Gasteiger partial charge in [-0.2, -0.15) is 0 Å². The van der Waals surface area contributed by atoms with Crippen LogP contribution < -0.4 is 5.73 Å². The first-order chi connectivity index (χ1) is 8.59. The van der Waals surface area contributed by atoms with Gasteiger partial charge in [0.15, 0.2) is 0 Å². The van der Waals surface area contributed by atoms with Crippen LogP contribution in [0, 0.1) is 16.0 Å². The second kappa shape index (κ2) is 5.67. The van der Waals surface area contributed by atoms with Crippen LogP contribution in [0.25, 0.3) is 0 Å². The Kier molecular flexibility index (Phi) is 4.19. The predicted molar refractivity (Wildman–Crippen MR) is 71.7 cm³/mol. The Morgan fingerprint density at radius 2 is 2.11 bits per heavy atom. The van der Waals surface area contributed by atoms with E-state index >= 15 is 0 Å². The average Bonchev–Trinajstić information content (AvgIpc) is 2.34. The van der Waals surface area contributed by atoms with E-state index < -0.39 is 0 Å². The Hall–Kier alpha value is -1.13. The van der Waals surface area contributed by atoms with Crippen molar-refractivity contribution in [1.82, 2.24) is 0 Å². The highest BCUT2D eigenvalue weighted by molar-refractivity contribution is 6.31. The summed E-state index contributed by atoms with van der Waals surface area (Å²) in [5.74, 6) is 0.303. The Labute approximate surface area is 111 Å². The van der Waals surface area contributed by atoms with Crippen LogP contribution in [0.3, 0.4) is 0 Å². The van der Waals surface area contributed by atoms with Gasteiger partial charge in [-0.1, -0.05) is 30.5 Å². The summed E-state index contributed by atoms with van der Waals surface area (Å²) in [6.45, 7) is 0. The van der Waals surface area contributed by atoms with Crippen molar-refractivity contribution in [1.29, 1.82) is 0 Å². The van der Waals surface area contributed by atoms with Gasteiger partial charge in [-0.05, 0) is 31.2 Å². The molecule has 2 N–H and O–H groups in total. The lowest BCUT2D eigenvalue weighted by Crippen LogP contribution is -2.34. The zero-order valence-electron chi connectivity index (χ0n) is 10.1. The molecule has 1 aromatic rings. The summed E-state index contributed by atoms with van der Waals surface area (Å²) in [4.78, 5) is 10.6. The molecule has 1 aliphatic rings. The summed E-state index contributed by atoms with van der Waals surface area (Å²) in [5.41, 5.74) is 6.83. The molecule has 0 radical (unpaired) electrons. The van der Waals surface area contributed by atoms with Gasteiger partial charge in [-0.3, -0.25) is 10.1 Å². The number of benzene rings is 1. The van der Waals surface area contributed by atoms with Crippen molar-refractivity contribution < 1.29 is 4.92 Å². The zero-order valence-corrected chi connectivity index (χ0v) is 10.9. The minimum atomic E-state index is -0.366. The molecule has 1 saturated carbocycles. The molecule has 0 amide bonds. The van der Waals surface area contributed by atoms with Crippen molar-refractivity contribution >= 4 is 17.3 Å². The zero-order chi connectivity index (χ0) is 13.1. The minimum absolute atomic E-state index is 0.111. The molecule has 0 saturated heterocycles. The lowest BCUT2D eigenvalue weighted by Gasteiger charge is -2.28. The third-order valence-electron chi connectivity index (χ3n) is 3.73. The summed E-state index contributed by atoms with van der Waals surface area (Å²) < 4.78 is 0. The molecule has 2 unspecified atom stereocenters. The van der Waals surface area contributed by atoms with Gasteiger partial charge >= 0.3 is 0 Å². The van der Waals surface area contributed by atoms with Gasteiger partial charge in [0.25, 0.3) is 5.69 Å². The topological polar surface area (TPSA) is 69.2 Å². The number of nitro benzene ring substituents is 1. The smallest absolute Gasteiger partial charge is 0.274 e. The quantitative estimate of drug-likeness (QED) is 0.675. The third-order valence-corrected chi connectivity index (χ3v) is 4.08. The molecule has 1 aliphatic carbocycles. The molecule has 0 heterocycles. The van der Waals surface area contributed by atoms with E-state index in [1.165, 1.54) is 6.07 Å². The average molecular weight is 269 g/mol. The van der Waals surface area contributed by atoms with Crippen molar-refractivity contribution in [2.24, 2.45) is 11.7 Å². The number of nitro groups is 1. The number of hydrogen-bond acceptors (Lipinski definition) is 3. The van der Waals surface area contributed by atoms with E-state index in [0.717, 1.165) is 25.7 Å². The van der Waals surface area contributed by atoms with Crippen LogP contribution >= 0.6 is 11.6 Å². The van der Waals surface area contributed by atoms with Gasteiger partial charge in [0.2, 0.25) is 0 Å². The fraction of sp³-hybridized carbons (Fsp3) is 0.538. The van der Waals surface area contributed by atoms with Crippen molar-refractivity contribution in [2.75, 3.05) is 0 Å². The van der Waals surface area contributed by atoms with E-state index in [0.29, 0.717) is 22.9 Å². The van der Waals surface area contributed by atoms with Crippen molar-refractivity contribution in [3.05, 3.63) is 38.9 Å². The van der Waals surface area contributed by atoms with E-state index in [-0.39, 0.29) is 16.7 Å². The van der Waals surface area contributed by atoms with E-state index in [9.17, 15) is 10.1 Å². The maximum atomic E-state index is 11.0. The van der Waals surface area contributed by atoms with Gasteiger partial charge in [-0.15, -0.1) is 0 Å². The number of hydrogen-bond donors (Lipinski definition) is 1. The largest absolute Gasteiger partial charge is 0.327 e. The highest BCUT2D eigenvalue weighted by Crippen LogP contribution is 2.33. The fourth-order valence-corrected chi connectivity index (χ4v) is 2.92. The molecule has 0 aromatic heterocycles. The molecular weight excluding hydrogens is 252 g/mol. The first-order valence-corrected chi connectivity index (χ1v) is 6.64.